The van der Waals surface area contributed by atoms with Crippen molar-refractivity contribution in [1.82, 2.24) is 0 Å². The lowest BCUT2D eigenvalue weighted by Gasteiger charge is -2.05. The van der Waals surface area contributed by atoms with Crippen LogP contribution in [0.4, 0.5) is 0 Å². The monoisotopic (exact) mass is 235 g/mol. The molecular formula is C13H17NO3. The van der Waals surface area contributed by atoms with Crippen LogP contribution in [0.3, 0.4) is 0 Å². The molecule has 4 heteroatoms. The van der Waals surface area contributed by atoms with Crippen molar-refractivity contribution in [1.29, 1.82) is 0 Å². The molecule has 92 valence electrons. The Labute approximate surface area is 101 Å². The summed E-state index contributed by atoms with van der Waals surface area (Å²) in [5.41, 5.74) is 0.951. The average Bonchev–Trinajstić information content (AvgIpc) is 2.28. The van der Waals surface area contributed by atoms with Crippen LogP contribution in [0, 0.1) is 16.0 Å². The summed E-state index contributed by atoms with van der Waals surface area (Å²) in [5, 5.41) is 10.9. The molecule has 17 heavy (non-hydrogen) atoms. The highest BCUT2D eigenvalue weighted by Gasteiger charge is 2.14. The highest BCUT2D eigenvalue weighted by atomic mass is 16.6. The van der Waals surface area contributed by atoms with Gasteiger partial charge in [0.2, 0.25) is 5.70 Å². The van der Waals surface area contributed by atoms with Gasteiger partial charge in [-0.15, -0.1) is 0 Å². The first kappa shape index (κ1) is 13.2. The third-order valence-electron chi connectivity index (χ3n) is 2.31. The minimum absolute atomic E-state index is 0.213. The molecule has 0 unspecified atom stereocenters. The van der Waals surface area contributed by atoms with E-state index in [1.165, 1.54) is 0 Å². The van der Waals surface area contributed by atoms with Gasteiger partial charge in [-0.3, -0.25) is 10.1 Å². The molecule has 0 amide bonds. The van der Waals surface area contributed by atoms with E-state index in [0.717, 1.165) is 5.56 Å². The Morgan fingerprint density at radius 2 is 2.12 bits per heavy atom. The molecule has 0 atom stereocenters. The third kappa shape index (κ3) is 3.90. The summed E-state index contributed by atoms with van der Waals surface area (Å²) in [5.74, 6) is 0.900. The molecule has 0 spiro atoms. The fourth-order valence-electron chi connectivity index (χ4n) is 1.57. The van der Waals surface area contributed by atoms with Crippen molar-refractivity contribution in [3.05, 3.63) is 45.6 Å². The number of para-hydroxylation sites is 1. The molecule has 0 bridgehead atoms. The molecule has 1 aromatic carbocycles. The van der Waals surface area contributed by atoms with Crippen molar-refractivity contribution in [2.45, 2.75) is 20.3 Å². The Hall–Kier alpha value is -1.84. The molecule has 0 aromatic heterocycles. The Bertz CT molecular complexity index is 424. The van der Waals surface area contributed by atoms with Crippen molar-refractivity contribution in [3.8, 4) is 5.75 Å². The van der Waals surface area contributed by atoms with Crippen LogP contribution in [0.25, 0.3) is 6.08 Å². The quantitative estimate of drug-likeness (QED) is 0.580. The van der Waals surface area contributed by atoms with E-state index in [0.29, 0.717) is 12.2 Å². The third-order valence-corrected chi connectivity index (χ3v) is 2.31. The van der Waals surface area contributed by atoms with Crippen LogP contribution in [-0.4, -0.2) is 12.0 Å². The molecule has 4 nitrogen and oxygen atoms in total. The van der Waals surface area contributed by atoms with E-state index in [1.54, 1.807) is 19.3 Å². The lowest BCUT2D eigenvalue weighted by molar-refractivity contribution is -0.427. The molecule has 1 aromatic rings. The summed E-state index contributed by atoms with van der Waals surface area (Å²) in [6, 6.07) is 7.27. The standard InChI is InChI=1S/C13H17NO3/c1-10(2)8-12(14(15)16)9-11-6-4-5-7-13(11)17-3/h4-7,9-10H,8H2,1-3H3. The Morgan fingerprint density at radius 1 is 1.47 bits per heavy atom. The van der Waals surface area contributed by atoms with E-state index < -0.39 is 0 Å². The van der Waals surface area contributed by atoms with Crippen molar-refractivity contribution < 1.29 is 9.66 Å². The molecule has 0 radical (unpaired) electrons. The van der Waals surface area contributed by atoms with Gasteiger partial charge in [0.25, 0.3) is 0 Å². The van der Waals surface area contributed by atoms with E-state index in [1.807, 2.05) is 32.0 Å². The highest BCUT2D eigenvalue weighted by Crippen LogP contribution is 2.22. The predicted molar refractivity (Wildman–Crippen MR) is 67.4 cm³/mol. The maximum Gasteiger partial charge on any atom is 0.247 e. The van der Waals surface area contributed by atoms with Crippen LogP contribution in [-0.2, 0) is 0 Å². The van der Waals surface area contributed by atoms with Crippen molar-refractivity contribution in [3.63, 3.8) is 0 Å². The minimum atomic E-state index is -0.327. The number of hydrogen-bond acceptors (Lipinski definition) is 3. The molecular weight excluding hydrogens is 218 g/mol. The van der Waals surface area contributed by atoms with Gasteiger partial charge in [0.15, 0.2) is 0 Å². The van der Waals surface area contributed by atoms with E-state index >= 15 is 0 Å². The van der Waals surface area contributed by atoms with Gasteiger partial charge in [-0.25, -0.2) is 0 Å². The van der Waals surface area contributed by atoms with Gasteiger partial charge in [-0.2, -0.15) is 0 Å². The number of nitrogens with zero attached hydrogens (tertiary/aromatic N) is 1. The fourth-order valence-corrected chi connectivity index (χ4v) is 1.57. The second-order valence-electron chi connectivity index (χ2n) is 4.23. The number of benzene rings is 1. The largest absolute Gasteiger partial charge is 0.496 e. The first-order chi connectivity index (χ1) is 8.04. The normalized spacial score (nSPS) is 11.6. The molecule has 1 rings (SSSR count). The maximum atomic E-state index is 10.9. The number of methoxy groups -OCH3 is 1. The smallest absolute Gasteiger partial charge is 0.247 e. The average molecular weight is 235 g/mol. The molecule has 0 aliphatic heterocycles. The van der Waals surface area contributed by atoms with Crippen LogP contribution in [0.2, 0.25) is 0 Å². The van der Waals surface area contributed by atoms with Crippen LogP contribution in [0.5, 0.6) is 5.75 Å². The van der Waals surface area contributed by atoms with Gasteiger partial charge in [0.1, 0.15) is 5.75 Å². The lowest BCUT2D eigenvalue weighted by Crippen LogP contribution is -2.02. The Balaban J connectivity index is 3.08. The van der Waals surface area contributed by atoms with Crippen molar-refractivity contribution in [2.24, 2.45) is 5.92 Å². The van der Waals surface area contributed by atoms with Gasteiger partial charge in [0, 0.05) is 18.1 Å². The summed E-state index contributed by atoms with van der Waals surface area (Å²) in [4.78, 5) is 10.6. The zero-order valence-electron chi connectivity index (χ0n) is 10.3. The summed E-state index contributed by atoms with van der Waals surface area (Å²) < 4.78 is 5.16. The van der Waals surface area contributed by atoms with E-state index in [2.05, 4.69) is 0 Å². The van der Waals surface area contributed by atoms with Gasteiger partial charge in [-0.05, 0) is 12.0 Å². The summed E-state index contributed by atoms with van der Waals surface area (Å²) >= 11 is 0. The highest BCUT2D eigenvalue weighted by molar-refractivity contribution is 5.58. The molecule has 0 N–H and O–H groups in total. The summed E-state index contributed by atoms with van der Waals surface area (Å²) in [6.07, 6.45) is 2.03. The lowest BCUT2D eigenvalue weighted by atomic mass is 10.1. The first-order valence-corrected chi connectivity index (χ1v) is 5.52. The number of hydrogen-bond donors (Lipinski definition) is 0. The Kier molecular flexibility index (Phi) is 4.69. The minimum Gasteiger partial charge on any atom is -0.496 e. The SMILES string of the molecule is COc1ccccc1C=C(CC(C)C)[N+](=O)[O-]. The number of rotatable bonds is 5. The number of ether oxygens (including phenoxy) is 1. The molecule has 0 heterocycles. The van der Waals surface area contributed by atoms with E-state index in [-0.39, 0.29) is 16.5 Å². The molecule has 0 saturated heterocycles. The molecule has 0 saturated carbocycles. The van der Waals surface area contributed by atoms with Crippen LogP contribution >= 0.6 is 0 Å². The van der Waals surface area contributed by atoms with Crippen LogP contribution in [0.15, 0.2) is 30.0 Å². The number of allylic oxidation sites excluding steroid dienone is 1. The topological polar surface area (TPSA) is 52.4 Å². The maximum absolute atomic E-state index is 10.9. The fraction of sp³-hybridized carbons (Fsp3) is 0.385. The van der Waals surface area contributed by atoms with Crippen molar-refractivity contribution >= 4 is 6.08 Å². The Morgan fingerprint density at radius 3 is 2.65 bits per heavy atom. The molecule has 0 aliphatic carbocycles. The second-order valence-corrected chi connectivity index (χ2v) is 4.23. The van der Waals surface area contributed by atoms with Crippen LogP contribution < -0.4 is 4.74 Å². The van der Waals surface area contributed by atoms with Gasteiger partial charge in [-0.1, -0.05) is 32.0 Å². The van der Waals surface area contributed by atoms with Gasteiger partial charge >= 0.3 is 0 Å². The number of nitro groups is 1. The first-order valence-electron chi connectivity index (χ1n) is 5.52. The molecule has 0 fully saturated rings. The van der Waals surface area contributed by atoms with Gasteiger partial charge < -0.3 is 4.74 Å². The van der Waals surface area contributed by atoms with E-state index in [9.17, 15) is 10.1 Å². The predicted octanol–water partition coefficient (Wildman–Crippen LogP) is 3.36. The summed E-state index contributed by atoms with van der Waals surface area (Å²) in [7, 11) is 1.56. The van der Waals surface area contributed by atoms with E-state index in [4.69, 9.17) is 4.74 Å². The zero-order chi connectivity index (χ0) is 12.8. The van der Waals surface area contributed by atoms with Crippen LogP contribution in [0.1, 0.15) is 25.8 Å². The van der Waals surface area contributed by atoms with Crippen molar-refractivity contribution in [2.75, 3.05) is 7.11 Å². The summed E-state index contributed by atoms with van der Waals surface area (Å²) in [6.45, 7) is 3.92. The second kappa shape index (κ2) is 6.03. The van der Waals surface area contributed by atoms with Gasteiger partial charge in [0.05, 0.1) is 12.0 Å². The molecule has 0 aliphatic rings. The zero-order valence-corrected chi connectivity index (χ0v) is 10.3.